The number of amides is 1. The van der Waals surface area contributed by atoms with E-state index in [1.807, 2.05) is 12.1 Å². The van der Waals surface area contributed by atoms with Crippen molar-refractivity contribution in [2.75, 3.05) is 7.11 Å². The topological polar surface area (TPSA) is 77.2 Å². The number of aromatic nitrogens is 1. The number of nitrogens with one attached hydrogen (secondary N) is 1. The molecule has 0 aliphatic heterocycles. The summed E-state index contributed by atoms with van der Waals surface area (Å²) in [5, 5.41) is 5.05. The van der Waals surface area contributed by atoms with Crippen molar-refractivity contribution in [2.45, 2.75) is 13.1 Å². The maximum Gasteiger partial charge on any atom is 0.249 e. The summed E-state index contributed by atoms with van der Waals surface area (Å²) in [5.74, 6) is 0.232. The summed E-state index contributed by atoms with van der Waals surface area (Å²) >= 11 is 1.51. The van der Waals surface area contributed by atoms with Gasteiger partial charge in [-0.2, -0.15) is 0 Å². The molecule has 0 atom stereocenters. The lowest BCUT2D eigenvalue weighted by atomic mass is 10.2. The van der Waals surface area contributed by atoms with Crippen LogP contribution < -0.4 is 15.8 Å². The maximum absolute atomic E-state index is 11.0. The number of carbonyl (C=O) groups is 1. The molecule has 0 unspecified atom stereocenters. The molecular weight excluding hydrogens is 262 g/mol. The van der Waals surface area contributed by atoms with Gasteiger partial charge in [-0.15, -0.1) is 11.3 Å². The number of hydrogen-bond donors (Lipinski definition) is 2. The Morgan fingerprint density at radius 1 is 1.53 bits per heavy atom. The molecule has 5 nitrogen and oxygen atoms in total. The summed E-state index contributed by atoms with van der Waals surface area (Å²) < 4.78 is 5.17. The summed E-state index contributed by atoms with van der Waals surface area (Å²) in [5.41, 5.74) is 6.76. The number of nitrogens with two attached hydrogens (primary N) is 1. The minimum absolute atomic E-state index is 0.392. The number of pyridine rings is 1. The van der Waals surface area contributed by atoms with Crippen LogP contribution in [-0.2, 0) is 13.1 Å². The summed E-state index contributed by atoms with van der Waals surface area (Å²) in [6.45, 7) is 1.33. The van der Waals surface area contributed by atoms with Crippen molar-refractivity contribution in [2.24, 2.45) is 5.73 Å². The van der Waals surface area contributed by atoms with Crippen LogP contribution in [0.4, 0.5) is 0 Å². The molecule has 2 heterocycles. The summed E-state index contributed by atoms with van der Waals surface area (Å²) in [7, 11) is 1.60. The lowest BCUT2D eigenvalue weighted by molar-refractivity contribution is 0.100. The lowest BCUT2D eigenvalue weighted by Gasteiger charge is -2.07. The summed E-state index contributed by atoms with van der Waals surface area (Å²) in [6, 6.07) is 5.64. The predicted octanol–water partition coefficient (Wildman–Crippen LogP) is 1.54. The van der Waals surface area contributed by atoms with Crippen LogP contribution in [0.3, 0.4) is 0 Å². The Morgan fingerprint density at radius 3 is 3.05 bits per heavy atom. The second kappa shape index (κ2) is 6.31. The van der Waals surface area contributed by atoms with Gasteiger partial charge in [0.25, 0.3) is 0 Å². The van der Waals surface area contributed by atoms with E-state index in [9.17, 15) is 4.79 Å². The van der Waals surface area contributed by atoms with Crippen molar-refractivity contribution < 1.29 is 9.53 Å². The Labute approximate surface area is 115 Å². The molecule has 0 aliphatic rings. The highest BCUT2D eigenvalue weighted by molar-refractivity contribution is 7.10. The molecule has 0 spiro atoms. The van der Waals surface area contributed by atoms with Crippen LogP contribution >= 0.6 is 11.3 Å². The first-order valence-electron chi connectivity index (χ1n) is 5.76. The quantitative estimate of drug-likeness (QED) is 0.839. The molecule has 0 aliphatic carbocycles. The van der Waals surface area contributed by atoms with Gasteiger partial charge >= 0.3 is 0 Å². The Bertz CT molecular complexity index is 569. The molecule has 0 aromatic carbocycles. The molecule has 100 valence electrons. The van der Waals surface area contributed by atoms with Crippen LogP contribution in [0.15, 0.2) is 29.8 Å². The van der Waals surface area contributed by atoms with E-state index in [1.54, 1.807) is 24.8 Å². The zero-order chi connectivity index (χ0) is 13.7. The number of nitrogens with zero attached hydrogens (tertiary/aromatic N) is 1. The van der Waals surface area contributed by atoms with Gasteiger partial charge in [0.1, 0.15) is 0 Å². The molecule has 2 rings (SSSR count). The molecule has 1 amide bonds. The van der Waals surface area contributed by atoms with Gasteiger partial charge < -0.3 is 15.8 Å². The van der Waals surface area contributed by atoms with E-state index in [-0.39, 0.29) is 0 Å². The summed E-state index contributed by atoms with van der Waals surface area (Å²) in [6.07, 6.45) is 1.70. The van der Waals surface area contributed by atoms with Crippen molar-refractivity contribution in [3.63, 3.8) is 0 Å². The molecule has 6 heteroatoms. The third-order valence-corrected chi connectivity index (χ3v) is 3.53. The minimum Gasteiger partial charge on any atom is -0.481 e. The van der Waals surface area contributed by atoms with Gasteiger partial charge in [-0.3, -0.25) is 4.79 Å². The predicted molar refractivity (Wildman–Crippen MR) is 74.2 cm³/mol. The van der Waals surface area contributed by atoms with Gasteiger partial charge in [0.05, 0.1) is 12.7 Å². The van der Waals surface area contributed by atoms with Crippen molar-refractivity contribution in [1.29, 1.82) is 0 Å². The highest BCUT2D eigenvalue weighted by Crippen LogP contribution is 2.16. The number of methoxy groups -OCH3 is 1. The molecule has 0 fully saturated rings. The van der Waals surface area contributed by atoms with Crippen molar-refractivity contribution >= 4 is 17.2 Å². The third kappa shape index (κ3) is 3.52. The average Bonchev–Trinajstić information content (AvgIpc) is 2.88. The average molecular weight is 277 g/mol. The molecule has 2 aromatic heterocycles. The smallest absolute Gasteiger partial charge is 0.249 e. The van der Waals surface area contributed by atoms with Crippen molar-refractivity contribution in [3.8, 4) is 5.88 Å². The number of primary amides is 1. The van der Waals surface area contributed by atoms with Gasteiger partial charge in [0.2, 0.25) is 11.8 Å². The van der Waals surface area contributed by atoms with E-state index in [2.05, 4.69) is 10.3 Å². The van der Waals surface area contributed by atoms with Crippen LogP contribution in [0.5, 0.6) is 5.88 Å². The third-order valence-electron chi connectivity index (χ3n) is 2.60. The number of ether oxygens (including phenoxy) is 1. The molecular formula is C13H15N3O2S. The molecule has 19 heavy (non-hydrogen) atoms. The minimum atomic E-state index is -0.392. The Balaban J connectivity index is 1.90. The first-order valence-corrected chi connectivity index (χ1v) is 6.64. The van der Waals surface area contributed by atoms with Crippen LogP contribution in [0.25, 0.3) is 0 Å². The van der Waals surface area contributed by atoms with E-state index in [4.69, 9.17) is 10.5 Å². The molecule has 0 saturated heterocycles. The maximum atomic E-state index is 11.0. The summed E-state index contributed by atoms with van der Waals surface area (Å²) in [4.78, 5) is 16.2. The standard InChI is InChI=1S/C13H15N3O2S/c1-18-13-9(3-2-4-16-13)6-15-7-11-5-10(8-19-11)12(14)17/h2-5,8,15H,6-7H2,1H3,(H2,14,17). The lowest BCUT2D eigenvalue weighted by Crippen LogP contribution is -2.13. The van der Waals surface area contributed by atoms with Gasteiger partial charge in [0.15, 0.2) is 0 Å². The SMILES string of the molecule is COc1ncccc1CNCc1cc(C(N)=O)cs1. The van der Waals surface area contributed by atoms with Crippen LogP contribution in [-0.4, -0.2) is 18.0 Å². The fraction of sp³-hybridized carbons (Fsp3) is 0.231. The second-order valence-corrected chi connectivity index (χ2v) is 4.94. The Morgan fingerprint density at radius 2 is 2.37 bits per heavy atom. The fourth-order valence-corrected chi connectivity index (χ4v) is 2.51. The fourth-order valence-electron chi connectivity index (χ4n) is 1.67. The van der Waals surface area contributed by atoms with Gasteiger partial charge in [-0.05, 0) is 12.1 Å². The van der Waals surface area contributed by atoms with Gasteiger partial charge in [-0.25, -0.2) is 4.98 Å². The Kier molecular flexibility index (Phi) is 4.48. The molecule has 0 radical (unpaired) electrons. The molecule has 0 saturated carbocycles. The number of rotatable bonds is 6. The van der Waals surface area contributed by atoms with Crippen LogP contribution in [0.2, 0.25) is 0 Å². The Hall–Kier alpha value is -1.92. The van der Waals surface area contributed by atoms with E-state index >= 15 is 0 Å². The van der Waals surface area contributed by atoms with Gasteiger partial charge in [-0.1, -0.05) is 6.07 Å². The van der Waals surface area contributed by atoms with E-state index < -0.39 is 5.91 Å². The van der Waals surface area contributed by atoms with E-state index in [0.717, 1.165) is 10.4 Å². The highest BCUT2D eigenvalue weighted by Gasteiger charge is 2.06. The van der Waals surface area contributed by atoms with Crippen molar-refractivity contribution in [1.82, 2.24) is 10.3 Å². The first kappa shape index (κ1) is 13.5. The van der Waals surface area contributed by atoms with Crippen LogP contribution in [0, 0.1) is 0 Å². The monoisotopic (exact) mass is 277 g/mol. The number of carbonyl (C=O) groups excluding carboxylic acids is 1. The zero-order valence-electron chi connectivity index (χ0n) is 10.6. The second-order valence-electron chi connectivity index (χ2n) is 3.94. The number of hydrogen-bond acceptors (Lipinski definition) is 5. The highest BCUT2D eigenvalue weighted by atomic mass is 32.1. The molecule has 0 bridgehead atoms. The normalized spacial score (nSPS) is 10.4. The van der Waals surface area contributed by atoms with Gasteiger partial charge in [0, 0.05) is 35.1 Å². The first-order chi connectivity index (χ1) is 9.20. The van der Waals surface area contributed by atoms with Crippen LogP contribution in [0.1, 0.15) is 20.8 Å². The molecule has 2 aromatic rings. The zero-order valence-corrected chi connectivity index (χ0v) is 11.4. The van der Waals surface area contributed by atoms with E-state index in [0.29, 0.717) is 24.5 Å². The molecule has 3 N–H and O–H groups in total. The van der Waals surface area contributed by atoms with Crippen molar-refractivity contribution in [3.05, 3.63) is 45.8 Å². The largest absolute Gasteiger partial charge is 0.481 e. The van der Waals surface area contributed by atoms with E-state index in [1.165, 1.54) is 11.3 Å². The number of thiophene rings is 1.